The third kappa shape index (κ3) is 4.59. The lowest BCUT2D eigenvalue weighted by molar-refractivity contribution is -0.118. The predicted molar refractivity (Wildman–Crippen MR) is 77.2 cm³/mol. The summed E-state index contributed by atoms with van der Waals surface area (Å²) in [5.41, 5.74) is 8.48. The third-order valence-corrected chi connectivity index (χ3v) is 3.91. The molecule has 0 atom stereocenters. The van der Waals surface area contributed by atoms with E-state index in [0.29, 0.717) is 15.0 Å². The van der Waals surface area contributed by atoms with Crippen LogP contribution in [0.15, 0.2) is 33.7 Å². The minimum Gasteiger partial charge on any atom is -0.374 e. The molecule has 0 radical (unpaired) electrons. The van der Waals surface area contributed by atoms with Gasteiger partial charge < -0.3 is 5.73 Å². The Labute approximate surface area is 122 Å². The van der Waals surface area contributed by atoms with Crippen molar-refractivity contribution in [1.29, 1.82) is 0 Å². The molecule has 1 aromatic heterocycles. The topological polar surface area (TPSA) is 93.3 Å². The number of nitrogens with one attached hydrogen (secondary N) is 1. The van der Waals surface area contributed by atoms with E-state index in [1.807, 2.05) is 0 Å². The van der Waals surface area contributed by atoms with Gasteiger partial charge in [0.2, 0.25) is 5.13 Å². The summed E-state index contributed by atoms with van der Waals surface area (Å²) in [6.07, 6.45) is 1.44. The molecule has 0 unspecified atom stereocenters. The summed E-state index contributed by atoms with van der Waals surface area (Å²) in [6.45, 7) is 0. The molecule has 0 saturated carbocycles. The van der Waals surface area contributed by atoms with Crippen molar-refractivity contribution in [2.45, 2.75) is 4.34 Å². The Bertz CT molecular complexity index is 614. The van der Waals surface area contributed by atoms with Crippen molar-refractivity contribution in [3.05, 3.63) is 35.6 Å². The molecule has 1 amide bonds. The van der Waals surface area contributed by atoms with Gasteiger partial charge in [0.1, 0.15) is 5.82 Å². The molecule has 2 aromatic rings. The summed E-state index contributed by atoms with van der Waals surface area (Å²) < 4.78 is 13.3. The number of carbonyl (C=O) groups is 1. The SMILES string of the molecule is Nc1nnc(SCC(=O)N/N=C/c2ccc(F)cc2)s1. The Morgan fingerprint density at radius 1 is 1.45 bits per heavy atom. The molecule has 0 spiro atoms. The number of hydrogen-bond acceptors (Lipinski definition) is 7. The standard InChI is InChI=1S/C11H10FN5OS2/c12-8-3-1-7(2-4-8)5-14-15-9(18)6-19-11-17-16-10(13)20-11/h1-5H,6H2,(H2,13,16)(H,15,18)/b14-5+. The zero-order chi connectivity index (χ0) is 14.4. The summed E-state index contributed by atoms with van der Waals surface area (Å²) in [4.78, 5) is 11.5. The second-order valence-corrected chi connectivity index (χ2v) is 5.77. The number of aromatic nitrogens is 2. The van der Waals surface area contributed by atoms with Crippen molar-refractivity contribution < 1.29 is 9.18 Å². The first-order valence-corrected chi connectivity index (χ1v) is 7.23. The van der Waals surface area contributed by atoms with Crippen LogP contribution in [0.1, 0.15) is 5.56 Å². The molecule has 1 heterocycles. The molecule has 3 N–H and O–H groups in total. The maximum Gasteiger partial charge on any atom is 0.250 e. The van der Waals surface area contributed by atoms with E-state index in [9.17, 15) is 9.18 Å². The van der Waals surface area contributed by atoms with E-state index in [1.54, 1.807) is 12.1 Å². The molecule has 104 valence electrons. The van der Waals surface area contributed by atoms with Gasteiger partial charge in [-0.2, -0.15) is 5.10 Å². The van der Waals surface area contributed by atoms with E-state index < -0.39 is 0 Å². The molecule has 2 rings (SSSR count). The minimum absolute atomic E-state index is 0.162. The van der Waals surface area contributed by atoms with Crippen LogP contribution < -0.4 is 11.2 Å². The van der Waals surface area contributed by atoms with Crippen molar-refractivity contribution in [1.82, 2.24) is 15.6 Å². The van der Waals surface area contributed by atoms with Crippen LogP contribution in [0.3, 0.4) is 0 Å². The number of nitrogen functional groups attached to an aromatic ring is 1. The Morgan fingerprint density at radius 2 is 2.20 bits per heavy atom. The average Bonchev–Trinajstić information content (AvgIpc) is 2.85. The van der Waals surface area contributed by atoms with Gasteiger partial charge in [-0.05, 0) is 17.7 Å². The number of hydrazone groups is 1. The first-order chi connectivity index (χ1) is 9.63. The molecule has 1 aromatic carbocycles. The lowest BCUT2D eigenvalue weighted by Gasteiger charge is -1.97. The normalized spacial score (nSPS) is 10.8. The largest absolute Gasteiger partial charge is 0.374 e. The maximum absolute atomic E-state index is 12.7. The number of nitrogens with zero attached hydrogens (tertiary/aromatic N) is 3. The highest BCUT2D eigenvalue weighted by molar-refractivity contribution is 8.01. The first-order valence-electron chi connectivity index (χ1n) is 5.43. The van der Waals surface area contributed by atoms with Crippen LogP contribution in [0.2, 0.25) is 0 Å². The highest BCUT2D eigenvalue weighted by Crippen LogP contribution is 2.22. The van der Waals surface area contributed by atoms with Gasteiger partial charge in [0.15, 0.2) is 4.34 Å². The lowest BCUT2D eigenvalue weighted by Crippen LogP contribution is -2.19. The second-order valence-electron chi connectivity index (χ2n) is 3.54. The van der Waals surface area contributed by atoms with Gasteiger partial charge in [-0.1, -0.05) is 35.2 Å². The molecular weight excluding hydrogens is 301 g/mol. The van der Waals surface area contributed by atoms with E-state index in [-0.39, 0.29) is 17.5 Å². The van der Waals surface area contributed by atoms with Crippen LogP contribution in [0.5, 0.6) is 0 Å². The fraction of sp³-hybridized carbons (Fsp3) is 0.0909. The summed E-state index contributed by atoms with van der Waals surface area (Å²) in [7, 11) is 0. The molecular formula is C11H10FN5OS2. The van der Waals surface area contributed by atoms with Gasteiger partial charge in [0.25, 0.3) is 5.91 Å². The highest BCUT2D eigenvalue weighted by Gasteiger charge is 2.05. The van der Waals surface area contributed by atoms with Gasteiger partial charge in [-0.25, -0.2) is 9.82 Å². The molecule has 0 saturated heterocycles. The fourth-order valence-corrected chi connectivity index (χ4v) is 2.59. The fourth-order valence-electron chi connectivity index (χ4n) is 1.17. The maximum atomic E-state index is 12.7. The molecule has 0 aliphatic rings. The number of nitrogens with two attached hydrogens (primary N) is 1. The monoisotopic (exact) mass is 311 g/mol. The average molecular weight is 311 g/mol. The summed E-state index contributed by atoms with van der Waals surface area (Å²) in [6, 6.07) is 5.76. The predicted octanol–water partition coefficient (Wildman–Crippen LogP) is 1.50. The van der Waals surface area contributed by atoms with Gasteiger partial charge in [-0.3, -0.25) is 4.79 Å². The summed E-state index contributed by atoms with van der Waals surface area (Å²) >= 11 is 2.44. The number of amides is 1. The number of halogens is 1. The number of thioether (sulfide) groups is 1. The van der Waals surface area contributed by atoms with Crippen molar-refractivity contribution in [3.8, 4) is 0 Å². The Morgan fingerprint density at radius 3 is 2.85 bits per heavy atom. The molecule has 0 fully saturated rings. The van der Waals surface area contributed by atoms with Crippen molar-refractivity contribution >= 4 is 40.4 Å². The zero-order valence-electron chi connectivity index (χ0n) is 10.1. The van der Waals surface area contributed by atoms with Gasteiger partial charge in [-0.15, -0.1) is 10.2 Å². The van der Waals surface area contributed by atoms with E-state index in [0.717, 1.165) is 0 Å². The summed E-state index contributed by atoms with van der Waals surface area (Å²) in [5.74, 6) is -0.434. The van der Waals surface area contributed by atoms with Crippen LogP contribution in [0.25, 0.3) is 0 Å². The Balaban J connectivity index is 1.76. The minimum atomic E-state index is -0.320. The van der Waals surface area contributed by atoms with Crippen molar-refractivity contribution in [2.24, 2.45) is 5.10 Å². The van der Waals surface area contributed by atoms with Crippen LogP contribution in [-0.2, 0) is 4.79 Å². The smallest absolute Gasteiger partial charge is 0.250 e. The third-order valence-electron chi connectivity index (χ3n) is 2.02. The molecule has 0 bridgehead atoms. The quantitative estimate of drug-likeness (QED) is 0.496. The van der Waals surface area contributed by atoms with Crippen LogP contribution in [0, 0.1) is 5.82 Å². The number of anilines is 1. The van der Waals surface area contributed by atoms with Crippen LogP contribution >= 0.6 is 23.1 Å². The molecule has 0 aliphatic heterocycles. The number of carbonyl (C=O) groups excluding carboxylic acids is 1. The van der Waals surface area contributed by atoms with Crippen molar-refractivity contribution in [3.63, 3.8) is 0 Å². The molecule has 6 nitrogen and oxygen atoms in total. The summed E-state index contributed by atoms with van der Waals surface area (Å²) in [5, 5.41) is 11.5. The first kappa shape index (κ1) is 14.4. The number of hydrogen-bond donors (Lipinski definition) is 2. The van der Waals surface area contributed by atoms with E-state index in [1.165, 1.54) is 41.4 Å². The highest BCUT2D eigenvalue weighted by atomic mass is 32.2. The van der Waals surface area contributed by atoms with Crippen LogP contribution in [-0.4, -0.2) is 28.1 Å². The lowest BCUT2D eigenvalue weighted by atomic mass is 10.2. The van der Waals surface area contributed by atoms with E-state index in [4.69, 9.17) is 5.73 Å². The number of rotatable bonds is 5. The van der Waals surface area contributed by atoms with E-state index in [2.05, 4.69) is 20.7 Å². The Hall–Kier alpha value is -2.00. The molecule has 9 heteroatoms. The number of benzene rings is 1. The zero-order valence-corrected chi connectivity index (χ0v) is 11.7. The Kier molecular flexibility index (Phi) is 5.02. The van der Waals surface area contributed by atoms with Gasteiger partial charge in [0, 0.05) is 0 Å². The van der Waals surface area contributed by atoms with Gasteiger partial charge >= 0.3 is 0 Å². The molecule has 20 heavy (non-hydrogen) atoms. The van der Waals surface area contributed by atoms with Crippen LogP contribution in [0.4, 0.5) is 9.52 Å². The second kappa shape index (κ2) is 6.96. The van der Waals surface area contributed by atoms with Gasteiger partial charge in [0.05, 0.1) is 12.0 Å². The molecule has 0 aliphatic carbocycles. The van der Waals surface area contributed by atoms with E-state index >= 15 is 0 Å². The van der Waals surface area contributed by atoms with Crippen molar-refractivity contribution in [2.75, 3.05) is 11.5 Å².